The molecule has 0 aliphatic carbocycles. The first-order chi connectivity index (χ1) is 11.1. The minimum Gasteiger partial charge on any atom is -0.507 e. The Morgan fingerprint density at radius 3 is 1.91 bits per heavy atom. The Morgan fingerprint density at radius 2 is 1.39 bits per heavy atom. The molecule has 2 aromatic rings. The van der Waals surface area contributed by atoms with Crippen molar-refractivity contribution in [2.24, 2.45) is 0 Å². The third-order valence-corrected chi connectivity index (χ3v) is 3.36. The first kappa shape index (κ1) is 16.5. The van der Waals surface area contributed by atoms with Gasteiger partial charge in [0.15, 0.2) is 11.5 Å². The quantitative estimate of drug-likeness (QED) is 0.649. The van der Waals surface area contributed by atoms with Crippen molar-refractivity contribution in [2.75, 3.05) is 28.4 Å². The molecule has 1 N–H and O–H groups in total. The maximum atomic E-state index is 10.4. The van der Waals surface area contributed by atoms with E-state index in [1.165, 1.54) is 0 Å². The lowest BCUT2D eigenvalue weighted by atomic mass is 10.1. The Labute approximate surface area is 135 Å². The van der Waals surface area contributed by atoms with E-state index in [-0.39, 0.29) is 5.76 Å². The molecule has 0 spiro atoms. The van der Waals surface area contributed by atoms with E-state index in [1.54, 1.807) is 70.9 Å². The Bertz CT molecular complexity index is 684. The van der Waals surface area contributed by atoms with Crippen LogP contribution in [0.4, 0.5) is 0 Å². The molecule has 0 fully saturated rings. The largest absolute Gasteiger partial charge is 0.507 e. The van der Waals surface area contributed by atoms with Crippen LogP contribution in [0.1, 0.15) is 11.1 Å². The summed E-state index contributed by atoms with van der Waals surface area (Å²) in [5.41, 5.74) is 1.37. The number of hydrogen-bond acceptors (Lipinski definition) is 5. The number of benzene rings is 2. The average Bonchev–Trinajstić information content (AvgIpc) is 2.60. The van der Waals surface area contributed by atoms with Crippen LogP contribution in [0.25, 0.3) is 11.8 Å². The maximum Gasteiger partial charge on any atom is 0.161 e. The van der Waals surface area contributed by atoms with Crippen molar-refractivity contribution in [3.8, 4) is 23.0 Å². The van der Waals surface area contributed by atoms with E-state index < -0.39 is 0 Å². The van der Waals surface area contributed by atoms with Crippen LogP contribution >= 0.6 is 0 Å². The molecule has 122 valence electrons. The van der Waals surface area contributed by atoms with E-state index in [1.807, 2.05) is 0 Å². The number of aliphatic hydroxyl groups excluding tert-OH is 1. The zero-order chi connectivity index (χ0) is 16.8. The summed E-state index contributed by atoms with van der Waals surface area (Å²) in [5, 5.41) is 10.4. The van der Waals surface area contributed by atoms with Crippen LogP contribution in [0.3, 0.4) is 0 Å². The molecule has 0 atom stereocenters. The van der Waals surface area contributed by atoms with E-state index in [2.05, 4.69) is 0 Å². The van der Waals surface area contributed by atoms with E-state index >= 15 is 0 Å². The Kier molecular flexibility index (Phi) is 5.36. The molecule has 0 aliphatic rings. The second kappa shape index (κ2) is 7.45. The minimum absolute atomic E-state index is 0.0984. The minimum atomic E-state index is 0.0984. The first-order valence-corrected chi connectivity index (χ1v) is 6.97. The van der Waals surface area contributed by atoms with Crippen molar-refractivity contribution in [3.63, 3.8) is 0 Å². The smallest absolute Gasteiger partial charge is 0.161 e. The summed E-state index contributed by atoms with van der Waals surface area (Å²) in [4.78, 5) is 0. The summed E-state index contributed by atoms with van der Waals surface area (Å²) >= 11 is 0. The fourth-order valence-corrected chi connectivity index (χ4v) is 2.15. The molecule has 2 rings (SSSR count). The Morgan fingerprint density at radius 1 is 0.783 bits per heavy atom. The summed E-state index contributed by atoms with van der Waals surface area (Å²) in [6.45, 7) is 0. The van der Waals surface area contributed by atoms with E-state index in [0.29, 0.717) is 28.6 Å². The molecule has 0 saturated heterocycles. The highest BCUT2D eigenvalue weighted by molar-refractivity contribution is 5.78. The monoisotopic (exact) mass is 316 g/mol. The van der Waals surface area contributed by atoms with Gasteiger partial charge in [0.1, 0.15) is 17.3 Å². The van der Waals surface area contributed by atoms with Gasteiger partial charge in [-0.15, -0.1) is 0 Å². The van der Waals surface area contributed by atoms with Gasteiger partial charge in [-0.1, -0.05) is 0 Å². The molecule has 5 nitrogen and oxygen atoms in total. The number of hydrogen-bond donors (Lipinski definition) is 1. The molecule has 0 aromatic heterocycles. The zero-order valence-electron chi connectivity index (χ0n) is 13.6. The molecule has 2 aromatic carbocycles. The average molecular weight is 316 g/mol. The normalized spacial score (nSPS) is 11.0. The molecule has 5 heteroatoms. The molecule has 0 bridgehead atoms. The molecule has 0 unspecified atom stereocenters. The number of ether oxygens (including phenoxy) is 4. The van der Waals surface area contributed by atoms with E-state index in [9.17, 15) is 5.11 Å². The summed E-state index contributed by atoms with van der Waals surface area (Å²) in [7, 11) is 6.28. The highest BCUT2D eigenvalue weighted by Crippen LogP contribution is 2.31. The van der Waals surface area contributed by atoms with Gasteiger partial charge in [0.05, 0.1) is 28.4 Å². The molecule has 0 saturated carbocycles. The molecular formula is C18H20O5. The lowest BCUT2D eigenvalue weighted by Gasteiger charge is -2.10. The van der Waals surface area contributed by atoms with Crippen molar-refractivity contribution in [1.29, 1.82) is 0 Å². The molecule has 23 heavy (non-hydrogen) atoms. The lowest BCUT2D eigenvalue weighted by molar-refractivity contribution is 0.354. The summed E-state index contributed by atoms with van der Waals surface area (Å²) < 4.78 is 20.9. The van der Waals surface area contributed by atoms with E-state index in [4.69, 9.17) is 18.9 Å². The van der Waals surface area contributed by atoms with Crippen LogP contribution in [-0.2, 0) is 0 Å². The van der Waals surface area contributed by atoms with Gasteiger partial charge in [-0.05, 0) is 42.0 Å². The molecular weight excluding hydrogens is 296 g/mol. The van der Waals surface area contributed by atoms with Gasteiger partial charge in [-0.25, -0.2) is 0 Å². The van der Waals surface area contributed by atoms with Crippen LogP contribution in [0, 0.1) is 0 Å². The van der Waals surface area contributed by atoms with Gasteiger partial charge < -0.3 is 24.1 Å². The van der Waals surface area contributed by atoms with Gasteiger partial charge in [0.2, 0.25) is 0 Å². The summed E-state index contributed by atoms with van der Waals surface area (Å²) in [6.07, 6.45) is 1.63. The van der Waals surface area contributed by atoms with E-state index in [0.717, 1.165) is 5.56 Å². The van der Waals surface area contributed by atoms with Crippen LogP contribution < -0.4 is 18.9 Å². The first-order valence-electron chi connectivity index (χ1n) is 6.97. The van der Waals surface area contributed by atoms with Gasteiger partial charge in [0.25, 0.3) is 0 Å². The van der Waals surface area contributed by atoms with Crippen molar-refractivity contribution < 1.29 is 24.1 Å². The Balaban J connectivity index is 2.39. The SMILES string of the molecule is COc1cc(/C=C(\O)c2ccc(OC)c(OC)c2)cc(OC)c1. The molecule has 0 heterocycles. The third kappa shape index (κ3) is 3.88. The van der Waals surface area contributed by atoms with Gasteiger partial charge in [-0.2, -0.15) is 0 Å². The summed E-state index contributed by atoms with van der Waals surface area (Å²) in [5.74, 6) is 2.55. The van der Waals surface area contributed by atoms with Gasteiger partial charge in [0, 0.05) is 11.6 Å². The standard InChI is InChI=1S/C18H20O5/c1-20-14-7-12(8-15(11-14)21-2)9-16(19)13-5-6-17(22-3)18(10-13)23-4/h5-11,19H,1-4H3/b16-9-. The predicted octanol–water partition coefficient (Wildman–Crippen LogP) is 3.78. The predicted molar refractivity (Wildman–Crippen MR) is 89.6 cm³/mol. The van der Waals surface area contributed by atoms with Crippen LogP contribution in [-0.4, -0.2) is 33.5 Å². The van der Waals surface area contributed by atoms with Crippen molar-refractivity contribution in [3.05, 3.63) is 47.5 Å². The zero-order valence-corrected chi connectivity index (χ0v) is 13.6. The van der Waals surface area contributed by atoms with Crippen molar-refractivity contribution >= 4 is 11.8 Å². The van der Waals surface area contributed by atoms with Gasteiger partial charge >= 0.3 is 0 Å². The van der Waals surface area contributed by atoms with Crippen molar-refractivity contribution in [1.82, 2.24) is 0 Å². The topological polar surface area (TPSA) is 57.2 Å². The maximum absolute atomic E-state index is 10.4. The fourth-order valence-electron chi connectivity index (χ4n) is 2.15. The highest BCUT2D eigenvalue weighted by atomic mass is 16.5. The van der Waals surface area contributed by atoms with Crippen LogP contribution in [0.15, 0.2) is 36.4 Å². The van der Waals surface area contributed by atoms with Crippen molar-refractivity contribution in [2.45, 2.75) is 0 Å². The number of rotatable bonds is 6. The number of aliphatic hydroxyl groups is 1. The number of methoxy groups -OCH3 is 4. The molecule has 0 amide bonds. The Hall–Kier alpha value is -2.82. The second-order valence-electron chi connectivity index (χ2n) is 4.75. The fraction of sp³-hybridized carbons (Fsp3) is 0.222. The molecule has 0 radical (unpaired) electrons. The summed E-state index contributed by atoms with van der Waals surface area (Å²) in [6, 6.07) is 10.6. The molecule has 0 aliphatic heterocycles. The second-order valence-corrected chi connectivity index (χ2v) is 4.75. The van der Waals surface area contributed by atoms with Crippen LogP contribution in [0.2, 0.25) is 0 Å². The van der Waals surface area contributed by atoms with Gasteiger partial charge in [-0.3, -0.25) is 0 Å². The van der Waals surface area contributed by atoms with Crippen LogP contribution in [0.5, 0.6) is 23.0 Å². The third-order valence-electron chi connectivity index (χ3n) is 3.36. The lowest BCUT2D eigenvalue weighted by Crippen LogP contribution is -1.93. The highest BCUT2D eigenvalue weighted by Gasteiger charge is 2.08.